The van der Waals surface area contributed by atoms with E-state index >= 15 is 0 Å². The molecular formula is C21H24F2N2O2. The van der Waals surface area contributed by atoms with Crippen LogP contribution < -0.4 is 10.1 Å². The van der Waals surface area contributed by atoms with Crippen LogP contribution in [0.2, 0.25) is 0 Å². The lowest BCUT2D eigenvalue weighted by Crippen LogP contribution is -2.25. The van der Waals surface area contributed by atoms with Crippen molar-refractivity contribution in [1.29, 1.82) is 0 Å². The number of benzene rings is 1. The average Bonchev–Trinajstić information content (AvgIpc) is 2.64. The van der Waals surface area contributed by atoms with Crippen LogP contribution in [-0.2, 0) is 4.79 Å². The third-order valence-corrected chi connectivity index (χ3v) is 4.68. The maximum absolute atomic E-state index is 14.4. The van der Waals surface area contributed by atoms with Gasteiger partial charge in [0.2, 0.25) is 5.91 Å². The maximum Gasteiger partial charge on any atom is 0.228 e. The molecule has 4 nitrogen and oxygen atoms in total. The third-order valence-electron chi connectivity index (χ3n) is 4.68. The van der Waals surface area contributed by atoms with Gasteiger partial charge in [-0.3, -0.25) is 4.79 Å². The second-order valence-corrected chi connectivity index (χ2v) is 7.18. The fourth-order valence-electron chi connectivity index (χ4n) is 3.38. The summed E-state index contributed by atoms with van der Waals surface area (Å²) in [6.07, 6.45) is 5.85. The predicted octanol–water partition coefficient (Wildman–Crippen LogP) is 5.33. The Kier molecular flexibility index (Phi) is 6.04. The van der Waals surface area contributed by atoms with Crippen molar-refractivity contribution in [2.24, 2.45) is 5.92 Å². The summed E-state index contributed by atoms with van der Waals surface area (Å²) < 4.78 is 33.7. The van der Waals surface area contributed by atoms with Gasteiger partial charge in [-0.25, -0.2) is 13.8 Å². The van der Waals surface area contributed by atoms with Gasteiger partial charge in [0.25, 0.3) is 0 Å². The molecule has 1 aromatic heterocycles. The van der Waals surface area contributed by atoms with Crippen LogP contribution in [0.5, 0.6) is 5.75 Å². The molecule has 2 aromatic rings. The SMILES string of the molecule is CC(C)Oc1cc(F)ccc1-c1cc(NC(=O)C2CCCCC2)ncc1F. The normalized spacial score (nSPS) is 15.0. The van der Waals surface area contributed by atoms with Gasteiger partial charge in [-0.1, -0.05) is 19.3 Å². The third kappa shape index (κ3) is 4.81. The standard InChI is InChI=1S/C21H24F2N2O2/c1-13(2)27-19-10-15(22)8-9-16(19)17-11-20(24-12-18(17)23)25-21(26)14-6-4-3-5-7-14/h8-14H,3-7H2,1-2H3,(H,24,25,26). The molecular weight excluding hydrogens is 350 g/mol. The number of rotatable bonds is 5. The van der Waals surface area contributed by atoms with E-state index in [0.717, 1.165) is 38.3 Å². The molecule has 1 amide bonds. The van der Waals surface area contributed by atoms with E-state index in [0.29, 0.717) is 5.56 Å². The number of hydrogen-bond donors (Lipinski definition) is 1. The molecule has 0 radical (unpaired) electrons. The van der Waals surface area contributed by atoms with Crippen LogP contribution >= 0.6 is 0 Å². The van der Waals surface area contributed by atoms with Gasteiger partial charge in [0.05, 0.1) is 12.3 Å². The van der Waals surface area contributed by atoms with Gasteiger partial charge in [-0.2, -0.15) is 0 Å². The van der Waals surface area contributed by atoms with Crippen LogP contribution in [0, 0.1) is 17.6 Å². The largest absolute Gasteiger partial charge is 0.490 e. The average molecular weight is 374 g/mol. The van der Waals surface area contributed by atoms with E-state index in [1.807, 2.05) is 13.8 Å². The van der Waals surface area contributed by atoms with Crippen LogP contribution in [0.4, 0.5) is 14.6 Å². The highest BCUT2D eigenvalue weighted by Crippen LogP contribution is 2.34. The number of pyridine rings is 1. The van der Waals surface area contributed by atoms with Crippen LogP contribution in [0.3, 0.4) is 0 Å². The maximum atomic E-state index is 14.4. The van der Waals surface area contributed by atoms with Crippen molar-refractivity contribution >= 4 is 11.7 Å². The van der Waals surface area contributed by atoms with Crippen LogP contribution in [0.15, 0.2) is 30.5 Å². The van der Waals surface area contributed by atoms with Crippen molar-refractivity contribution in [3.05, 3.63) is 42.1 Å². The highest BCUT2D eigenvalue weighted by Gasteiger charge is 2.22. The molecule has 1 fully saturated rings. The number of carbonyl (C=O) groups excluding carboxylic acids is 1. The lowest BCUT2D eigenvalue weighted by molar-refractivity contribution is -0.120. The number of nitrogens with zero attached hydrogens (tertiary/aromatic N) is 1. The smallest absolute Gasteiger partial charge is 0.228 e. The fraction of sp³-hybridized carbons (Fsp3) is 0.429. The van der Waals surface area contributed by atoms with Crippen molar-refractivity contribution in [2.75, 3.05) is 5.32 Å². The van der Waals surface area contributed by atoms with Gasteiger partial charge in [-0.15, -0.1) is 0 Å². The molecule has 0 saturated heterocycles. The summed E-state index contributed by atoms with van der Waals surface area (Å²) in [6.45, 7) is 3.63. The Morgan fingerprint density at radius 1 is 1.15 bits per heavy atom. The van der Waals surface area contributed by atoms with E-state index in [-0.39, 0.29) is 35.1 Å². The summed E-state index contributed by atoms with van der Waals surface area (Å²) in [5.41, 5.74) is 0.623. The van der Waals surface area contributed by atoms with Gasteiger partial charge in [0, 0.05) is 23.1 Å². The zero-order valence-corrected chi connectivity index (χ0v) is 15.6. The molecule has 1 aliphatic carbocycles. The summed E-state index contributed by atoms with van der Waals surface area (Å²) in [4.78, 5) is 16.4. The van der Waals surface area contributed by atoms with E-state index in [2.05, 4.69) is 10.3 Å². The van der Waals surface area contributed by atoms with E-state index in [1.54, 1.807) is 0 Å². The molecule has 0 atom stereocenters. The lowest BCUT2D eigenvalue weighted by Gasteiger charge is -2.20. The molecule has 0 aliphatic heterocycles. The molecule has 0 bridgehead atoms. The van der Waals surface area contributed by atoms with Gasteiger partial charge in [-0.05, 0) is 44.9 Å². The molecule has 1 aromatic carbocycles. The van der Waals surface area contributed by atoms with Crippen LogP contribution in [0.1, 0.15) is 46.0 Å². The van der Waals surface area contributed by atoms with Crippen molar-refractivity contribution < 1.29 is 18.3 Å². The predicted molar refractivity (Wildman–Crippen MR) is 101 cm³/mol. The first-order chi connectivity index (χ1) is 12.9. The first-order valence-corrected chi connectivity index (χ1v) is 9.37. The lowest BCUT2D eigenvalue weighted by atomic mass is 9.89. The molecule has 27 heavy (non-hydrogen) atoms. The summed E-state index contributed by atoms with van der Waals surface area (Å²) in [5.74, 6) is -0.612. The van der Waals surface area contributed by atoms with Crippen molar-refractivity contribution in [1.82, 2.24) is 4.98 Å². The fourth-order valence-corrected chi connectivity index (χ4v) is 3.38. The number of nitrogens with one attached hydrogen (secondary N) is 1. The Hall–Kier alpha value is -2.50. The first kappa shape index (κ1) is 19.3. The quantitative estimate of drug-likeness (QED) is 0.769. The molecule has 0 spiro atoms. The Morgan fingerprint density at radius 2 is 1.89 bits per heavy atom. The summed E-state index contributed by atoms with van der Waals surface area (Å²) in [6, 6.07) is 5.42. The van der Waals surface area contributed by atoms with Crippen molar-refractivity contribution in [3.8, 4) is 16.9 Å². The number of amides is 1. The Morgan fingerprint density at radius 3 is 2.59 bits per heavy atom. The minimum Gasteiger partial charge on any atom is -0.490 e. The van der Waals surface area contributed by atoms with E-state index < -0.39 is 11.6 Å². The van der Waals surface area contributed by atoms with Gasteiger partial charge in [0.1, 0.15) is 23.2 Å². The topological polar surface area (TPSA) is 51.2 Å². The van der Waals surface area contributed by atoms with Crippen molar-refractivity contribution in [2.45, 2.75) is 52.1 Å². The van der Waals surface area contributed by atoms with Crippen LogP contribution in [0.25, 0.3) is 11.1 Å². The minimum absolute atomic E-state index is 0.0280. The molecule has 6 heteroatoms. The van der Waals surface area contributed by atoms with Crippen molar-refractivity contribution in [3.63, 3.8) is 0 Å². The summed E-state index contributed by atoms with van der Waals surface area (Å²) in [5, 5.41) is 2.79. The first-order valence-electron chi connectivity index (χ1n) is 9.37. The molecule has 0 unspecified atom stereocenters. The second kappa shape index (κ2) is 8.46. The van der Waals surface area contributed by atoms with Gasteiger partial charge >= 0.3 is 0 Å². The van der Waals surface area contributed by atoms with Crippen LogP contribution in [-0.4, -0.2) is 17.0 Å². The van der Waals surface area contributed by atoms with E-state index in [1.165, 1.54) is 24.3 Å². The summed E-state index contributed by atoms with van der Waals surface area (Å²) in [7, 11) is 0. The number of aromatic nitrogens is 1. The Bertz CT molecular complexity index is 818. The molecule has 144 valence electrons. The number of hydrogen-bond acceptors (Lipinski definition) is 3. The molecule has 1 N–H and O–H groups in total. The van der Waals surface area contributed by atoms with E-state index in [4.69, 9.17) is 4.74 Å². The molecule has 1 heterocycles. The van der Waals surface area contributed by atoms with Gasteiger partial charge in [0.15, 0.2) is 0 Å². The summed E-state index contributed by atoms with van der Waals surface area (Å²) >= 11 is 0. The van der Waals surface area contributed by atoms with E-state index in [9.17, 15) is 13.6 Å². The zero-order chi connectivity index (χ0) is 19.4. The molecule has 3 rings (SSSR count). The highest BCUT2D eigenvalue weighted by atomic mass is 19.1. The second-order valence-electron chi connectivity index (χ2n) is 7.18. The molecule has 1 aliphatic rings. The number of carbonyl (C=O) groups is 1. The number of anilines is 1. The monoisotopic (exact) mass is 374 g/mol. The minimum atomic E-state index is -0.564. The number of ether oxygens (including phenoxy) is 1. The number of halogens is 2. The Balaban J connectivity index is 1.88. The Labute approximate surface area is 158 Å². The molecule has 1 saturated carbocycles. The van der Waals surface area contributed by atoms with Gasteiger partial charge < -0.3 is 10.1 Å². The zero-order valence-electron chi connectivity index (χ0n) is 15.6. The highest BCUT2D eigenvalue weighted by molar-refractivity contribution is 5.92.